The third-order valence-corrected chi connectivity index (χ3v) is 3.64. The fraction of sp³-hybridized carbons (Fsp3) is 0.929. The average Bonchev–Trinajstić information content (AvgIpc) is 2.35. The van der Waals surface area contributed by atoms with Crippen molar-refractivity contribution in [3.63, 3.8) is 0 Å². The van der Waals surface area contributed by atoms with Crippen LogP contribution in [0.3, 0.4) is 0 Å². The van der Waals surface area contributed by atoms with E-state index in [0.29, 0.717) is 18.9 Å². The van der Waals surface area contributed by atoms with Crippen molar-refractivity contribution in [1.29, 1.82) is 0 Å². The molecule has 4 nitrogen and oxygen atoms in total. The maximum Gasteiger partial charge on any atom is 0.251 e. The summed E-state index contributed by atoms with van der Waals surface area (Å²) >= 11 is 0. The Balaban J connectivity index is 2.26. The van der Waals surface area contributed by atoms with Gasteiger partial charge in [-0.3, -0.25) is 4.79 Å². The SMILES string of the molecule is CC(C)C[C@H](O)[C@@H](O)C(=O)NCC1CCCCC1. The van der Waals surface area contributed by atoms with Gasteiger partial charge in [-0.05, 0) is 31.1 Å². The van der Waals surface area contributed by atoms with Gasteiger partial charge in [0.25, 0.3) is 5.91 Å². The van der Waals surface area contributed by atoms with Gasteiger partial charge in [0.05, 0.1) is 6.10 Å². The number of carbonyl (C=O) groups is 1. The molecule has 1 aliphatic rings. The first kappa shape index (κ1) is 15.4. The lowest BCUT2D eigenvalue weighted by molar-refractivity contribution is -0.135. The van der Waals surface area contributed by atoms with Gasteiger partial charge >= 0.3 is 0 Å². The monoisotopic (exact) mass is 257 g/mol. The van der Waals surface area contributed by atoms with Gasteiger partial charge in [0.15, 0.2) is 6.10 Å². The van der Waals surface area contributed by atoms with Crippen molar-refractivity contribution in [2.75, 3.05) is 6.54 Å². The summed E-state index contributed by atoms with van der Waals surface area (Å²) in [6.45, 7) is 4.54. The molecule has 0 unspecified atom stereocenters. The Morgan fingerprint density at radius 3 is 2.39 bits per heavy atom. The van der Waals surface area contributed by atoms with E-state index in [1.807, 2.05) is 13.8 Å². The molecule has 1 rings (SSSR count). The normalized spacial score (nSPS) is 20.7. The van der Waals surface area contributed by atoms with Gasteiger partial charge in [0.2, 0.25) is 0 Å². The van der Waals surface area contributed by atoms with E-state index < -0.39 is 18.1 Å². The molecule has 1 saturated carbocycles. The third-order valence-electron chi connectivity index (χ3n) is 3.64. The van der Waals surface area contributed by atoms with Gasteiger partial charge in [-0.15, -0.1) is 0 Å². The molecule has 0 aromatic carbocycles. The Labute approximate surface area is 110 Å². The molecule has 3 N–H and O–H groups in total. The minimum Gasteiger partial charge on any atom is -0.390 e. The maximum absolute atomic E-state index is 11.7. The number of rotatable bonds is 6. The second kappa shape index (κ2) is 7.74. The van der Waals surface area contributed by atoms with Crippen LogP contribution in [-0.4, -0.2) is 34.9 Å². The van der Waals surface area contributed by atoms with Crippen molar-refractivity contribution in [2.45, 2.75) is 64.6 Å². The van der Waals surface area contributed by atoms with Crippen molar-refractivity contribution in [3.05, 3.63) is 0 Å². The first-order chi connectivity index (χ1) is 8.50. The number of nitrogens with one attached hydrogen (secondary N) is 1. The Hall–Kier alpha value is -0.610. The smallest absolute Gasteiger partial charge is 0.251 e. The molecular formula is C14H27NO3. The van der Waals surface area contributed by atoms with Crippen LogP contribution in [0, 0.1) is 11.8 Å². The molecule has 0 aromatic heterocycles. The maximum atomic E-state index is 11.7. The summed E-state index contributed by atoms with van der Waals surface area (Å²) < 4.78 is 0. The highest BCUT2D eigenvalue weighted by atomic mass is 16.3. The van der Waals surface area contributed by atoms with Crippen LogP contribution in [-0.2, 0) is 4.79 Å². The summed E-state index contributed by atoms with van der Waals surface area (Å²) in [4.78, 5) is 11.7. The topological polar surface area (TPSA) is 69.6 Å². The molecule has 0 aromatic rings. The lowest BCUT2D eigenvalue weighted by Gasteiger charge is -2.24. The third kappa shape index (κ3) is 5.36. The molecule has 0 radical (unpaired) electrons. The molecule has 4 heteroatoms. The van der Waals surface area contributed by atoms with Crippen molar-refractivity contribution >= 4 is 5.91 Å². The second-order valence-corrected chi connectivity index (χ2v) is 5.89. The van der Waals surface area contributed by atoms with E-state index >= 15 is 0 Å². The number of hydrogen-bond acceptors (Lipinski definition) is 3. The Morgan fingerprint density at radius 1 is 1.22 bits per heavy atom. The van der Waals surface area contributed by atoms with Gasteiger partial charge < -0.3 is 15.5 Å². The Bertz CT molecular complexity index is 249. The molecule has 2 atom stereocenters. The molecule has 18 heavy (non-hydrogen) atoms. The van der Waals surface area contributed by atoms with Gasteiger partial charge in [0.1, 0.15) is 0 Å². The van der Waals surface area contributed by atoms with Crippen molar-refractivity contribution < 1.29 is 15.0 Å². The zero-order valence-corrected chi connectivity index (χ0v) is 11.6. The highest BCUT2D eigenvalue weighted by molar-refractivity contribution is 5.81. The van der Waals surface area contributed by atoms with Gasteiger partial charge in [-0.25, -0.2) is 0 Å². The minimum atomic E-state index is -1.30. The van der Waals surface area contributed by atoms with E-state index in [9.17, 15) is 15.0 Å². The van der Waals surface area contributed by atoms with E-state index in [1.54, 1.807) is 0 Å². The van der Waals surface area contributed by atoms with Crippen LogP contribution in [0.5, 0.6) is 0 Å². The number of amides is 1. The first-order valence-electron chi connectivity index (χ1n) is 7.14. The highest BCUT2D eigenvalue weighted by Crippen LogP contribution is 2.22. The van der Waals surface area contributed by atoms with Crippen molar-refractivity contribution in [2.24, 2.45) is 11.8 Å². The fourth-order valence-corrected chi connectivity index (χ4v) is 2.53. The van der Waals surface area contributed by atoms with Crippen LogP contribution < -0.4 is 5.32 Å². The fourth-order valence-electron chi connectivity index (χ4n) is 2.53. The predicted molar refractivity (Wildman–Crippen MR) is 71.1 cm³/mol. The summed E-state index contributed by atoms with van der Waals surface area (Å²) in [6, 6.07) is 0. The largest absolute Gasteiger partial charge is 0.390 e. The number of hydrogen-bond donors (Lipinski definition) is 3. The second-order valence-electron chi connectivity index (χ2n) is 5.89. The standard InChI is InChI=1S/C14H27NO3/c1-10(2)8-12(16)13(17)14(18)15-9-11-6-4-3-5-7-11/h10-13,16-17H,3-9H2,1-2H3,(H,15,18)/t12-,13+/m0/s1. The highest BCUT2D eigenvalue weighted by Gasteiger charge is 2.25. The van der Waals surface area contributed by atoms with Crippen molar-refractivity contribution in [1.82, 2.24) is 5.32 Å². The summed E-state index contributed by atoms with van der Waals surface area (Å²) in [5, 5.41) is 22.1. The molecule has 1 fully saturated rings. The first-order valence-corrected chi connectivity index (χ1v) is 7.14. The Morgan fingerprint density at radius 2 is 1.83 bits per heavy atom. The van der Waals surface area contributed by atoms with E-state index in [2.05, 4.69) is 5.32 Å². The van der Waals surface area contributed by atoms with E-state index in [1.165, 1.54) is 19.3 Å². The van der Waals surface area contributed by atoms with E-state index in [4.69, 9.17) is 0 Å². The lowest BCUT2D eigenvalue weighted by Crippen LogP contribution is -2.44. The van der Waals surface area contributed by atoms with Crippen LogP contribution in [0.1, 0.15) is 52.4 Å². The molecule has 0 bridgehead atoms. The number of aliphatic hydroxyl groups is 2. The van der Waals surface area contributed by atoms with Gasteiger partial charge in [-0.2, -0.15) is 0 Å². The zero-order chi connectivity index (χ0) is 13.5. The predicted octanol–water partition coefficient (Wildman–Crippen LogP) is 1.45. The number of aliphatic hydroxyl groups excluding tert-OH is 2. The molecular weight excluding hydrogens is 230 g/mol. The molecule has 1 aliphatic carbocycles. The van der Waals surface area contributed by atoms with Crippen LogP contribution in [0.2, 0.25) is 0 Å². The Kier molecular flexibility index (Phi) is 6.65. The zero-order valence-electron chi connectivity index (χ0n) is 11.6. The summed E-state index contributed by atoms with van der Waals surface area (Å²) in [6.07, 6.45) is 4.26. The van der Waals surface area contributed by atoms with Crippen LogP contribution in [0.25, 0.3) is 0 Å². The number of carbonyl (C=O) groups excluding carboxylic acids is 1. The minimum absolute atomic E-state index is 0.265. The molecule has 0 spiro atoms. The lowest BCUT2D eigenvalue weighted by atomic mass is 9.89. The molecule has 0 saturated heterocycles. The quantitative estimate of drug-likeness (QED) is 0.674. The van der Waals surface area contributed by atoms with Crippen molar-refractivity contribution in [3.8, 4) is 0 Å². The summed E-state index contributed by atoms with van der Waals surface area (Å²) in [5.41, 5.74) is 0. The molecule has 1 amide bonds. The van der Waals surface area contributed by atoms with Crippen LogP contribution >= 0.6 is 0 Å². The average molecular weight is 257 g/mol. The van der Waals surface area contributed by atoms with Crippen LogP contribution in [0.4, 0.5) is 0 Å². The van der Waals surface area contributed by atoms with Gasteiger partial charge in [-0.1, -0.05) is 33.1 Å². The van der Waals surface area contributed by atoms with E-state index in [-0.39, 0.29) is 5.92 Å². The summed E-state index contributed by atoms with van der Waals surface area (Å²) in [5.74, 6) is 0.367. The molecule has 0 aliphatic heterocycles. The molecule has 106 valence electrons. The summed E-state index contributed by atoms with van der Waals surface area (Å²) in [7, 11) is 0. The van der Waals surface area contributed by atoms with Crippen LogP contribution in [0.15, 0.2) is 0 Å². The van der Waals surface area contributed by atoms with E-state index in [0.717, 1.165) is 12.8 Å². The molecule has 0 heterocycles. The van der Waals surface area contributed by atoms with Gasteiger partial charge in [0, 0.05) is 6.54 Å².